The molecule has 0 atom stereocenters. The van der Waals surface area contributed by atoms with E-state index >= 15 is 0 Å². The van der Waals surface area contributed by atoms with Gasteiger partial charge in [0.15, 0.2) is 0 Å². The summed E-state index contributed by atoms with van der Waals surface area (Å²) in [6.45, 7) is 8.98. The summed E-state index contributed by atoms with van der Waals surface area (Å²) in [5, 5.41) is 11.4. The minimum atomic E-state index is -0.264. The molecule has 26 heavy (non-hydrogen) atoms. The lowest BCUT2D eigenvalue weighted by Gasteiger charge is -2.20. The number of hydrogen-bond acceptors (Lipinski definition) is 6. The van der Waals surface area contributed by atoms with Gasteiger partial charge in [0, 0.05) is 11.1 Å². The Morgan fingerprint density at radius 2 is 1.38 bits per heavy atom. The molecule has 1 rings (SSSR count). The fourth-order valence-electron chi connectivity index (χ4n) is 1.94. The van der Waals surface area contributed by atoms with Crippen LogP contribution in [-0.2, 0) is 14.2 Å². The first-order valence-corrected chi connectivity index (χ1v) is 8.82. The minimum absolute atomic E-state index is 0.0238. The molecule has 0 aliphatic carbocycles. The lowest BCUT2D eigenvalue weighted by atomic mass is 10.1. The molecule has 0 unspecified atom stereocenters. The number of ether oxygens (including phenoxy) is 4. The van der Waals surface area contributed by atoms with Crippen molar-refractivity contribution in [1.29, 1.82) is 0 Å². The molecule has 1 aromatic rings. The predicted molar refractivity (Wildman–Crippen MR) is 98.7 cm³/mol. The van der Waals surface area contributed by atoms with Crippen LogP contribution < -0.4 is 10.1 Å². The van der Waals surface area contributed by atoms with Crippen molar-refractivity contribution in [3.8, 4) is 5.75 Å². The molecule has 1 amide bonds. The molecule has 0 spiro atoms. The van der Waals surface area contributed by atoms with Gasteiger partial charge in [-0.15, -0.1) is 0 Å². The fourth-order valence-corrected chi connectivity index (χ4v) is 1.94. The van der Waals surface area contributed by atoms with E-state index in [1.165, 1.54) is 0 Å². The number of amides is 1. The first-order valence-electron chi connectivity index (χ1n) is 8.82. The van der Waals surface area contributed by atoms with Gasteiger partial charge in [-0.3, -0.25) is 4.79 Å². The summed E-state index contributed by atoms with van der Waals surface area (Å²) >= 11 is 0. The van der Waals surface area contributed by atoms with Crippen molar-refractivity contribution in [2.75, 3.05) is 52.9 Å². The second kappa shape index (κ2) is 12.6. The normalized spacial score (nSPS) is 11.4. The standard InChI is InChI=1S/C19H31NO6/c1-19(2,3)20-18(22)16-4-6-17(7-5-16)26-15-14-25-13-12-24-11-10-23-9-8-21/h4-7,21H,8-15H2,1-3H3,(H,20,22). The lowest BCUT2D eigenvalue weighted by Crippen LogP contribution is -2.40. The zero-order valence-corrected chi connectivity index (χ0v) is 16.0. The third-order valence-corrected chi connectivity index (χ3v) is 3.08. The smallest absolute Gasteiger partial charge is 0.251 e. The molecular weight excluding hydrogens is 338 g/mol. The number of carbonyl (C=O) groups excluding carboxylic acids is 1. The molecule has 7 heteroatoms. The Bertz CT molecular complexity index is 498. The summed E-state index contributed by atoms with van der Waals surface area (Å²) in [6, 6.07) is 7.02. The van der Waals surface area contributed by atoms with Crippen LogP contribution in [0.4, 0.5) is 0 Å². The third kappa shape index (κ3) is 11.0. The second-order valence-electron chi connectivity index (χ2n) is 6.64. The van der Waals surface area contributed by atoms with Gasteiger partial charge in [0.2, 0.25) is 0 Å². The Kier molecular flexibility index (Phi) is 10.9. The van der Waals surface area contributed by atoms with Crippen molar-refractivity contribution in [2.45, 2.75) is 26.3 Å². The summed E-state index contributed by atoms with van der Waals surface area (Å²) in [6.07, 6.45) is 0. The van der Waals surface area contributed by atoms with E-state index in [9.17, 15) is 4.79 Å². The van der Waals surface area contributed by atoms with E-state index in [1.54, 1.807) is 24.3 Å². The molecule has 0 fully saturated rings. The highest BCUT2D eigenvalue weighted by Gasteiger charge is 2.14. The van der Waals surface area contributed by atoms with E-state index in [0.29, 0.717) is 57.6 Å². The zero-order chi connectivity index (χ0) is 19.3. The maximum atomic E-state index is 12.0. The van der Waals surface area contributed by atoms with Crippen molar-refractivity contribution in [2.24, 2.45) is 0 Å². The molecule has 0 saturated heterocycles. The van der Waals surface area contributed by atoms with Gasteiger partial charge in [-0.25, -0.2) is 0 Å². The highest BCUT2D eigenvalue weighted by Crippen LogP contribution is 2.13. The van der Waals surface area contributed by atoms with Crippen LogP contribution in [-0.4, -0.2) is 69.4 Å². The quantitative estimate of drug-likeness (QED) is 0.514. The van der Waals surface area contributed by atoms with Gasteiger partial charge in [0.1, 0.15) is 12.4 Å². The van der Waals surface area contributed by atoms with Crippen LogP contribution in [0.5, 0.6) is 5.75 Å². The Morgan fingerprint density at radius 3 is 1.88 bits per heavy atom. The molecule has 0 saturated carbocycles. The minimum Gasteiger partial charge on any atom is -0.491 e. The van der Waals surface area contributed by atoms with E-state index in [4.69, 9.17) is 24.1 Å². The number of nitrogens with one attached hydrogen (secondary N) is 1. The number of aliphatic hydroxyl groups is 1. The van der Waals surface area contributed by atoms with Crippen LogP contribution in [0.25, 0.3) is 0 Å². The maximum absolute atomic E-state index is 12.0. The Hall–Kier alpha value is -1.67. The topological polar surface area (TPSA) is 86.3 Å². The molecule has 148 valence electrons. The maximum Gasteiger partial charge on any atom is 0.251 e. The van der Waals surface area contributed by atoms with Crippen molar-refractivity contribution in [1.82, 2.24) is 5.32 Å². The molecule has 7 nitrogen and oxygen atoms in total. The van der Waals surface area contributed by atoms with Crippen LogP contribution >= 0.6 is 0 Å². The average Bonchev–Trinajstić information content (AvgIpc) is 2.58. The first kappa shape index (κ1) is 22.4. The summed E-state index contributed by atoms with van der Waals surface area (Å²) in [7, 11) is 0. The zero-order valence-electron chi connectivity index (χ0n) is 16.0. The van der Waals surface area contributed by atoms with Crippen LogP contribution in [0.1, 0.15) is 31.1 Å². The van der Waals surface area contributed by atoms with Crippen molar-refractivity contribution in [3.63, 3.8) is 0 Å². The molecule has 0 aliphatic heterocycles. The fraction of sp³-hybridized carbons (Fsp3) is 0.632. The molecule has 0 aromatic heterocycles. The van der Waals surface area contributed by atoms with E-state index in [0.717, 1.165) is 0 Å². The molecule has 2 N–H and O–H groups in total. The Balaban J connectivity index is 2.08. The van der Waals surface area contributed by atoms with E-state index in [-0.39, 0.29) is 18.1 Å². The first-order chi connectivity index (χ1) is 12.4. The van der Waals surface area contributed by atoms with Gasteiger partial charge in [-0.2, -0.15) is 0 Å². The van der Waals surface area contributed by atoms with Crippen molar-refractivity contribution in [3.05, 3.63) is 29.8 Å². The molecule has 1 aromatic carbocycles. The van der Waals surface area contributed by atoms with Crippen LogP contribution in [0.2, 0.25) is 0 Å². The van der Waals surface area contributed by atoms with Crippen molar-refractivity contribution < 1.29 is 28.8 Å². The Morgan fingerprint density at radius 1 is 0.885 bits per heavy atom. The van der Waals surface area contributed by atoms with Gasteiger partial charge in [-0.05, 0) is 45.0 Å². The number of aliphatic hydroxyl groups excluding tert-OH is 1. The number of hydrogen-bond donors (Lipinski definition) is 2. The van der Waals surface area contributed by atoms with E-state index < -0.39 is 0 Å². The summed E-state index contributed by atoms with van der Waals surface area (Å²) in [4.78, 5) is 12.0. The van der Waals surface area contributed by atoms with Crippen LogP contribution in [0.15, 0.2) is 24.3 Å². The van der Waals surface area contributed by atoms with Gasteiger partial charge >= 0.3 is 0 Å². The van der Waals surface area contributed by atoms with Crippen molar-refractivity contribution >= 4 is 5.91 Å². The van der Waals surface area contributed by atoms with Gasteiger partial charge in [-0.1, -0.05) is 0 Å². The summed E-state index contributed by atoms with van der Waals surface area (Å²) in [5.74, 6) is 0.590. The predicted octanol–water partition coefficient (Wildman–Crippen LogP) is 1.64. The highest BCUT2D eigenvalue weighted by atomic mass is 16.6. The van der Waals surface area contributed by atoms with Gasteiger partial charge < -0.3 is 29.4 Å². The molecule has 0 radical (unpaired) electrons. The molecule has 0 heterocycles. The van der Waals surface area contributed by atoms with E-state index in [1.807, 2.05) is 20.8 Å². The summed E-state index contributed by atoms with van der Waals surface area (Å²) in [5.41, 5.74) is 0.336. The number of rotatable bonds is 13. The van der Waals surface area contributed by atoms with Gasteiger partial charge in [0.05, 0.1) is 46.2 Å². The van der Waals surface area contributed by atoms with E-state index in [2.05, 4.69) is 5.32 Å². The number of carbonyl (C=O) groups is 1. The second-order valence-corrected chi connectivity index (χ2v) is 6.64. The molecule has 0 bridgehead atoms. The summed E-state index contributed by atoms with van der Waals surface area (Å²) < 4.78 is 21.3. The Labute approximate surface area is 155 Å². The van der Waals surface area contributed by atoms with Crippen LogP contribution in [0, 0.1) is 0 Å². The lowest BCUT2D eigenvalue weighted by molar-refractivity contribution is 0.00361. The van der Waals surface area contributed by atoms with Crippen LogP contribution in [0.3, 0.4) is 0 Å². The molecular formula is C19H31NO6. The highest BCUT2D eigenvalue weighted by molar-refractivity contribution is 5.94. The number of benzene rings is 1. The molecule has 0 aliphatic rings. The SMILES string of the molecule is CC(C)(C)NC(=O)c1ccc(OCCOCCOCCOCCO)cc1. The van der Waals surface area contributed by atoms with Gasteiger partial charge in [0.25, 0.3) is 5.91 Å². The average molecular weight is 369 g/mol. The third-order valence-electron chi connectivity index (χ3n) is 3.08. The monoisotopic (exact) mass is 369 g/mol. The largest absolute Gasteiger partial charge is 0.491 e.